The number of pyridine rings is 1. The number of anilines is 1. The van der Waals surface area contributed by atoms with E-state index in [1.807, 2.05) is 6.07 Å². The molecule has 2 saturated heterocycles. The molecule has 2 aliphatic heterocycles. The first-order valence-electron chi connectivity index (χ1n) is 13.0. The SMILES string of the molecule is CN1CC[C@H](Oc2ccc3nc(NC(=O)C(=NO[C@@H]4CCOC4)c4ccc(S(=O)(=O)C5CC5)cc4)sc3n2)C1. The van der Waals surface area contributed by atoms with Crippen LogP contribution in [0.5, 0.6) is 5.88 Å². The normalized spacial score (nSPS) is 22.3. The largest absolute Gasteiger partial charge is 0.473 e. The van der Waals surface area contributed by atoms with E-state index in [0.717, 1.165) is 19.5 Å². The summed E-state index contributed by atoms with van der Waals surface area (Å²) in [5.41, 5.74) is 1.08. The quantitative estimate of drug-likeness (QED) is 0.304. The average Bonchev–Trinajstić information content (AvgIpc) is 3.30. The summed E-state index contributed by atoms with van der Waals surface area (Å²) in [6.45, 7) is 2.80. The van der Waals surface area contributed by atoms with Crippen molar-refractivity contribution in [1.82, 2.24) is 14.9 Å². The monoisotopic (exact) mass is 571 g/mol. The lowest BCUT2D eigenvalue weighted by Gasteiger charge is -2.12. The predicted molar refractivity (Wildman–Crippen MR) is 146 cm³/mol. The second-order valence-corrected chi connectivity index (χ2v) is 13.2. The Morgan fingerprint density at radius 2 is 1.92 bits per heavy atom. The molecule has 1 amide bonds. The van der Waals surface area contributed by atoms with Crippen LogP contribution in [0.4, 0.5) is 5.13 Å². The number of oxime groups is 1. The van der Waals surface area contributed by atoms with Crippen LogP contribution in [0.25, 0.3) is 10.3 Å². The van der Waals surface area contributed by atoms with Gasteiger partial charge in [0.25, 0.3) is 5.91 Å². The van der Waals surface area contributed by atoms with Gasteiger partial charge in [0.15, 0.2) is 26.8 Å². The number of amides is 1. The molecule has 0 radical (unpaired) electrons. The lowest BCUT2D eigenvalue weighted by molar-refractivity contribution is -0.110. The molecule has 39 heavy (non-hydrogen) atoms. The summed E-state index contributed by atoms with van der Waals surface area (Å²) in [4.78, 5) is 31.1. The number of hydrogen-bond donors (Lipinski definition) is 1. The van der Waals surface area contributed by atoms with Gasteiger partial charge in [0.1, 0.15) is 16.5 Å². The number of fused-ring (bicyclic) bond motifs is 1. The van der Waals surface area contributed by atoms with Crippen molar-refractivity contribution in [2.24, 2.45) is 5.16 Å². The lowest BCUT2D eigenvalue weighted by atomic mass is 10.1. The van der Waals surface area contributed by atoms with Crippen LogP contribution in [-0.4, -0.2) is 85.7 Å². The first-order chi connectivity index (χ1) is 18.8. The first kappa shape index (κ1) is 26.1. The van der Waals surface area contributed by atoms with E-state index < -0.39 is 15.7 Å². The number of hydrogen-bond acceptors (Lipinski definition) is 11. The maximum atomic E-state index is 13.4. The molecule has 1 N–H and O–H groups in total. The number of carbonyl (C=O) groups is 1. The van der Waals surface area contributed by atoms with E-state index in [-0.39, 0.29) is 28.1 Å². The number of nitrogens with zero attached hydrogens (tertiary/aromatic N) is 4. The number of sulfone groups is 1. The molecule has 3 aromatic rings. The highest BCUT2D eigenvalue weighted by Gasteiger charge is 2.37. The molecule has 2 atom stereocenters. The van der Waals surface area contributed by atoms with E-state index >= 15 is 0 Å². The highest BCUT2D eigenvalue weighted by Crippen LogP contribution is 2.33. The second-order valence-electron chi connectivity index (χ2n) is 10.0. The molecule has 4 heterocycles. The van der Waals surface area contributed by atoms with Crippen LogP contribution >= 0.6 is 11.3 Å². The highest BCUT2D eigenvalue weighted by atomic mass is 32.2. The number of rotatable bonds is 9. The van der Waals surface area contributed by atoms with Gasteiger partial charge in [-0.25, -0.2) is 18.4 Å². The summed E-state index contributed by atoms with van der Waals surface area (Å²) >= 11 is 1.23. The maximum absolute atomic E-state index is 13.4. The van der Waals surface area contributed by atoms with Gasteiger partial charge in [-0.3, -0.25) is 10.1 Å². The molecule has 11 nitrogen and oxygen atoms in total. The van der Waals surface area contributed by atoms with Crippen molar-refractivity contribution in [2.45, 2.75) is 48.0 Å². The van der Waals surface area contributed by atoms with Crippen molar-refractivity contribution < 1.29 is 27.5 Å². The summed E-state index contributed by atoms with van der Waals surface area (Å²) in [6, 6.07) is 9.77. The first-order valence-corrected chi connectivity index (χ1v) is 15.3. The van der Waals surface area contributed by atoms with E-state index in [0.29, 0.717) is 59.4 Å². The fourth-order valence-electron chi connectivity index (χ4n) is 4.56. The Labute approximate surface area is 230 Å². The van der Waals surface area contributed by atoms with Crippen LogP contribution in [0.15, 0.2) is 46.4 Å². The van der Waals surface area contributed by atoms with Crippen molar-refractivity contribution in [3.8, 4) is 5.88 Å². The molecule has 0 bridgehead atoms. The van der Waals surface area contributed by atoms with E-state index in [1.165, 1.54) is 23.5 Å². The molecule has 1 aromatic carbocycles. The van der Waals surface area contributed by atoms with Crippen LogP contribution in [-0.2, 0) is 24.2 Å². The smallest absolute Gasteiger partial charge is 0.280 e. The number of thiazole rings is 1. The summed E-state index contributed by atoms with van der Waals surface area (Å²) in [7, 11) is -1.29. The van der Waals surface area contributed by atoms with Gasteiger partial charge in [-0.1, -0.05) is 28.6 Å². The van der Waals surface area contributed by atoms with Gasteiger partial charge >= 0.3 is 0 Å². The average molecular weight is 572 g/mol. The number of likely N-dealkylation sites (N-methyl/N-ethyl adjacent to an activating group) is 1. The van der Waals surface area contributed by atoms with E-state index in [4.69, 9.17) is 14.3 Å². The molecule has 206 valence electrons. The molecular weight excluding hydrogens is 542 g/mol. The van der Waals surface area contributed by atoms with Crippen LogP contribution < -0.4 is 10.1 Å². The topological polar surface area (TPSA) is 132 Å². The molecule has 3 fully saturated rings. The predicted octanol–water partition coefficient (Wildman–Crippen LogP) is 2.86. The van der Waals surface area contributed by atoms with Gasteiger partial charge < -0.3 is 19.2 Å². The molecule has 2 aromatic heterocycles. The molecule has 0 spiro atoms. The summed E-state index contributed by atoms with van der Waals surface area (Å²) < 4.78 is 36.6. The minimum atomic E-state index is -3.35. The summed E-state index contributed by atoms with van der Waals surface area (Å²) in [6.07, 6.45) is 2.82. The van der Waals surface area contributed by atoms with Gasteiger partial charge in [-0.05, 0) is 44.5 Å². The van der Waals surface area contributed by atoms with Crippen molar-refractivity contribution >= 4 is 48.3 Å². The standard InChI is InChI=1S/C26H29N5O6S2/c1-31-12-10-17(14-31)36-22-9-8-21-25(28-22)38-26(27-21)29-24(32)23(30-37-18-11-13-35-15-18)16-2-4-19(5-3-16)39(33,34)20-6-7-20/h2-5,8-9,17-18,20H,6-7,10-15H2,1H3,(H,27,29,32)/t17-,18+/m0/s1. The maximum Gasteiger partial charge on any atom is 0.280 e. The van der Waals surface area contributed by atoms with Crippen LogP contribution in [0, 0.1) is 0 Å². The van der Waals surface area contributed by atoms with Crippen LogP contribution in [0.2, 0.25) is 0 Å². The lowest BCUT2D eigenvalue weighted by Crippen LogP contribution is -2.25. The molecule has 6 rings (SSSR count). The number of nitrogens with one attached hydrogen (secondary N) is 1. The number of ether oxygens (including phenoxy) is 2. The Morgan fingerprint density at radius 1 is 1.10 bits per heavy atom. The van der Waals surface area contributed by atoms with Gasteiger partial charge in [-0.2, -0.15) is 0 Å². The summed E-state index contributed by atoms with van der Waals surface area (Å²) in [5.74, 6) is -0.00348. The number of likely N-dealkylation sites (tertiary alicyclic amines) is 1. The number of benzene rings is 1. The Balaban J connectivity index is 1.21. The van der Waals surface area contributed by atoms with E-state index in [2.05, 4.69) is 32.4 Å². The van der Waals surface area contributed by atoms with Crippen molar-refractivity contribution in [3.05, 3.63) is 42.0 Å². The Morgan fingerprint density at radius 3 is 2.62 bits per heavy atom. The highest BCUT2D eigenvalue weighted by molar-refractivity contribution is 7.92. The second kappa shape index (κ2) is 10.8. The van der Waals surface area contributed by atoms with Gasteiger partial charge in [0.2, 0.25) is 5.88 Å². The van der Waals surface area contributed by atoms with E-state index in [1.54, 1.807) is 18.2 Å². The van der Waals surface area contributed by atoms with Crippen molar-refractivity contribution in [2.75, 3.05) is 38.7 Å². The van der Waals surface area contributed by atoms with Crippen molar-refractivity contribution in [1.29, 1.82) is 0 Å². The molecule has 1 aliphatic carbocycles. The zero-order valence-electron chi connectivity index (χ0n) is 21.4. The third-order valence-electron chi connectivity index (χ3n) is 6.90. The Kier molecular flexibility index (Phi) is 7.23. The molecular formula is C26H29N5O6S2. The minimum absolute atomic E-state index is 0.0128. The van der Waals surface area contributed by atoms with Gasteiger partial charge in [0, 0.05) is 31.1 Å². The van der Waals surface area contributed by atoms with E-state index in [9.17, 15) is 13.2 Å². The summed E-state index contributed by atoms with van der Waals surface area (Å²) in [5, 5.41) is 6.99. The zero-order chi connectivity index (χ0) is 27.0. The van der Waals surface area contributed by atoms with Gasteiger partial charge in [0.05, 0.1) is 23.4 Å². The van der Waals surface area contributed by atoms with Crippen LogP contribution in [0.1, 0.15) is 31.2 Å². The third-order valence-corrected chi connectivity index (χ3v) is 10.1. The molecule has 13 heteroatoms. The minimum Gasteiger partial charge on any atom is -0.473 e. The number of aromatic nitrogens is 2. The molecule has 1 saturated carbocycles. The van der Waals surface area contributed by atoms with Crippen molar-refractivity contribution in [3.63, 3.8) is 0 Å². The van der Waals surface area contributed by atoms with Crippen LogP contribution in [0.3, 0.4) is 0 Å². The Hall–Kier alpha value is -3.13. The molecule has 0 unspecified atom stereocenters. The zero-order valence-corrected chi connectivity index (χ0v) is 23.0. The third kappa shape index (κ3) is 5.91. The van der Waals surface area contributed by atoms with Gasteiger partial charge in [-0.15, -0.1) is 0 Å². The fourth-order valence-corrected chi connectivity index (χ4v) is 7.04. The fraction of sp³-hybridized carbons (Fsp3) is 0.462. The Bertz CT molecular complexity index is 1500. The molecule has 3 aliphatic rings. The number of carbonyl (C=O) groups excluding carboxylic acids is 1.